The second-order valence-electron chi connectivity index (χ2n) is 2.79. The Morgan fingerprint density at radius 2 is 2.07 bits per heavy atom. The quantitative estimate of drug-likeness (QED) is 0.757. The molecule has 0 heterocycles. The first kappa shape index (κ1) is 10.6. The zero-order valence-electron chi connectivity index (χ0n) is 7.62. The number of benzene rings is 1. The number of hydrogen-bond acceptors (Lipinski definition) is 2. The predicted molar refractivity (Wildman–Crippen MR) is 55.1 cm³/mol. The maximum Gasteiger partial charge on any atom is 0.242 e. The molecule has 0 bridgehead atoms. The summed E-state index contributed by atoms with van der Waals surface area (Å²) in [5.74, 6) is -0.253. The lowest BCUT2D eigenvalue weighted by Gasteiger charge is -2.05. The van der Waals surface area contributed by atoms with E-state index in [4.69, 9.17) is 16.9 Å². The molecule has 0 saturated heterocycles. The lowest BCUT2D eigenvalue weighted by atomic mass is 10.2. The van der Waals surface area contributed by atoms with Gasteiger partial charge >= 0.3 is 0 Å². The maximum atomic E-state index is 11.2. The molecular formula is C10H9ClN2O. The summed E-state index contributed by atoms with van der Waals surface area (Å²) in [5.41, 5.74) is 1.20. The lowest BCUT2D eigenvalue weighted by molar-refractivity contribution is -0.115. The molecule has 3 nitrogen and oxygen atoms in total. The monoisotopic (exact) mass is 208 g/mol. The van der Waals surface area contributed by atoms with Crippen LogP contribution in [0.3, 0.4) is 0 Å². The van der Waals surface area contributed by atoms with Crippen molar-refractivity contribution in [2.45, 2.75) is 12.3 Å². The molecule has 0 radical (unpaired) electrons. The average Bonchev–Trinajstić information content (AvgIpc) is 2.19. The van der Waals surface area contributed by atoms with E-state index in [2.05, 4.69) is 5.32 Å². The van der Waals surface area contributed by atoms with Crippen molar-refractivity contribution in [3.05, 3.63) is 29.8 Å². The summed E-state index contributed by atoms with van der Waals surface area (Å²) in [6.07, 6.45) is 0. The molecule has 0 aliphatic carbocycles. The van der Waals surface area contributed by atoms with E-state index in [-0.39, 0.29) is 5.91 Å². The van der Waals surface area contributed by atoms with E-state index in [1.165, 1.54) is 0 Å². The van der Waals surface area contributed by atoms with Crippen LogP contribution in [0, 0.1) is 11.3 Å². The van der Waals surface area contributed by atoms with Crippen molar-refractivity contribution in [1.29, 1.82) is 5.26 Å². The number of alkyl halides is 1. The van der Waals surface area contributed by atoms with Gasteiger partial charge in [-0.3, -0.25) is 4.79 Å². The molecule has 0 fully saturated rings. The number of nitrogens with one attached hydrogen (secondary N) is 1. The van der Waals surface area contributed by atoms with E-state index in [0.717, 1.165) is 0 Å². The Morgan fingerprint density at radius 1 is 1.50 bits per heavy atom. The Bertz CT molecular complexity index is 365. The molecule has 1 aromatic rings. The van der Waals surface area contributed by atoms with Gasteiger partial charge in [0.2, 0.25) is 5.91 Å². The fraction of sp³-hybridized carbons (Fsp3) is 0.200. The van der Waals surface area contributed by atoms with E-state index in [1.54, 1.807) is 31.2 Å². The number of rotatable bonds is 2. The van der Waals surface area contributed by atoms with Crippen LogP contribution in [0.4, 0.5) is 5.69 Å². The lowest BCUT2D eigenvalue weighted by Crippen LogP contribution is -2.20. The van der Waals surface area contributed by atoms with Crippen LogP contribution in [0.15, 0.2) is 24.3 Å². The Balaban J connectivity index is 2.70. The number of amides is 1. The Hall–Kier alpha value is -1.53. The largest absolute Gasteiger partial charge is 0.325 e. The third kappa shape index (κ3) is 2.75. The summed E-state index contributed by atoms with van der Waals surface area (Å²) in [4.78, 5) is 11.2. The van der Waals surface area contributed by atoms with Gasteiger partial charge in [-0.2, -0.15) is 5.26 Å². The number of nitriles is 1. The second-order valence-corrected chi connectivity index (χ2v) is 3.45. The van der Waals surface area contributed by atoms with Crippen molar-refractivity contribution < 1.29 is 4.79 Å². The highest BCUT2D eigenvalue weighted by Gasteiger charge is 2.08. The van der Waals surface area contributed by atoms with Crippen molar-refractivity contribution >= 4 is 23.2 Å². The van der Waals surface area contributed by atoms with Crippen molar-refractivity contribution in [2.24, 2.45) is 0 Å². The molecule has 14 heavy (non-hydrogen) atoms. The number of anilines is 1. The van der Waals surface area contributed by atoms with Crippen LogP contribution in [0.1, 0.15) is 12.5 Å². The Kier molecular flexibility index (Phi) is 3.49. The molecule has 1 unspecified atom stereocenters. The molecule has 4 heteroatoms. The first-order valence-corrected chi connectivity index (χ1v) is 4.52. The van der Waals surface area contributed by atoms with Gasteiger partial charge < -0.3 is 5.32 Å². The first-order chi connectivity index (χ1) is 6.63. The summed E-state index contributed by atoms with van der Waals surface area (Å²) < 4.78 is 0. The molecule has 1 amide bonds. The highest BCUT2D eigenvalue weighted by molar-refractivity contribution is 6.32. The number of carbonyl (C=O) groups excluding carboxylic acids is 1. The van der Waals surface area contributed by atoms with Crippen molar-refractivity contribution in [3.8, 4) is 6.07 Å². The predicted octanol–water partition coefficient (Wildman–Crippen LogP) is 2.12. The number of halogens is 1. The maximum absolute atomic E-state index is 11.2. The summed E-state index contributed by atoms with van der Waals surface area (Å²) in [5, 5.41) is 10.6. The van der Waals surface area contributed by atoms with Crippen LogP contribution < -0.4 is 5.32 Å². The van der Waals surface area contributed by atoms with Crippen LogP contribution in [-0.2, 0) is 4.79 Å². The summed E-state index contributed by atoms with van der Waals surface area (Å²) in [6, 6.07) is 8.58. The van der Waals surface area contributed by atoms with Gasteiger partial charge in [-0.25, -0.2) is 0 Å². The minimum Gasteiger partial charge on any atom is -0.325 e. The van der Waals surface area contributed by atoms with Gasteiger partial charge in [0.05, 0.1) is 11.6 Å². The highest BCUT2D eigenvalue weighted by Crippen LogP contribution is 2.09. The third-order valence-electron chi connectivity index (χ3n) is 1.64. The average molecular weight is 209 g/mol. The summed E-state index contributed by atoms with van der Waals surface area (Å²) in [7, 11) is 0. The number of nitrogens with zero attached hydrogens (tertiary/aromatic N) is 1. The standard InChI is InChI=1S/C10H9ClN2O/c1-7(11)10(14)13-9-4-2-8(6-12)3-5-9/h2-5,7H,1H3,(H,13,14). The fourth-order valence-corrected chi connectivity index (χ4v) is 0.924. The van der Waals surface area contributed by atoms with E-state index in [1.807, 2.05) is 6.07 Å². The molecule has 1 rings (SSSR count). The fourth-order valence-electron chi connectivity index (χ4n) is 0.870. The minimum atomic E-state index is -0.564. The third-order valence-corrected chi connectivity index (χ3v) is 1.84. The van der Waals surface area contributed by atoms with Crippen molar-refractivity contribution in [2.75, 3.05) is 5.32 Å². The van der Waals surface area contributed by atoms with Crippen LogP contribution in [-0.4, -0.2) is 11.3 Å². The zero-order chi connectivity index (χ0) is 10.6. The molecule has 0 spiro atoms. The Labute approximate surface area is 87.3 Å². The van der Waals surface area contributed by atoms with E-state index in [0.29, 0.717) is 11.3 Å². The molecule has 0 saturated carbocycles. The molecule has 72 valence electrons. The second kappa shape index (κ2) is 4.64. The van der Waals surface area contributed by atoms with Gasteiger partial charge in [0, 0.05) is 5.69 Å². The normalized spacial score (nSPS) is 11.5. The topological polar surface area (TPSA) is 52.9 Å². The van der Waals surface area contributed by atoms with Crippen molar-refractivity contribution in [1.82, 2.24) is 0 Å². The highest BCUT2D eigenvalue weighted by atomic mass is 35.5. The summed E-state index contributed by atoms with van der Waals surface area (Å²) >= 11 is 5.57. The summed E-state index contributed by atoms with van der Waals surface area (Å²) in [6.45, 7) is 1.60. The number of carbonyl (C=O) groups is 1. The van der Waals surface area contributed by atoms with E-state index < -0.39 is 5.38 Å². The van der Waals surface area contributed by atoms with Crippen LogP contribution in [0.5, 0.6) is 0 Å². The van der Waals surface area contributed by atoms with Crippen LogP contribution >= 0.6 is 11.6 Å². The van der Waals surface area contributed by atoms with Gasteiger partial charge in [-0.05, 0) is 31.2 Å². The molecule has 0 aliphatic heterocycles. The van der Waals surface area contributed by atoms with E-state index >= 15 is 0 Å². The SMILES string of the molecule is CC(Cl)C(=O)Nc1ccc(C#N)cc1. The zero-order valence-corrected chi connectivity index (χ0v) is 8.38. The minimum absolute atomic E-state index is 0.253. The molecule has 0 aromatic heterocycles. The van der Waals surface area contributed by atoms with Crippen LogP contribution in [0.2, 0.25) is 0 Å². The molecule has 0 aliphatic rings. The van der Waals surface area contributed by atoms with Gasteiger partial charge in [-0.15, -0.1) is 11.6 Å². The number of hydrogen-bond donors (Lipinski definition) is 1. The first-order valence-electron chi connectivity index (χ1n) is 4.08. The van der Waals surface area contributed by atoms with Gasteiger partial charge in [0.1, 0.15) is 5.38 Å². The van der Waals surface area contributed by atoms with Gasteiger partial charge in [0.15, 0.2) is 0 Å². The Morgan fingerprint density at radius 3 is 2.50 bits per heavy atom. The van der Waals surface area contributed by atoms with Gasteiger partial charge in [0.25, 0.3) is 0 Å². The van der Waals surface area contributed by atoms with E-state index in [9.17, 15) is 4.79 Å². The molecule has 1 atom stereocenters. The molecule has 1 aromatic carbocycles. The van der Waals surface area contributed by atoms with Crippen molar-refractivity contribution in [3.63, 3.8) is 0 Å². The molecule has 1 N–H and O–H groups in total. The smallest absolute Gasteiger partial charge is 0.242 e. The molecular weight excluding hydrogens is 200 g/mol. The van der Waals surface area contributed by atoms with Crippen LogP contribution in [0.25, 0.3) is 0 Å². The van der Waals surface area contributed by atoms with Gasteiger partial charge in [-0.1, -0.05) is 0 Å².